The number of ether oxygens (including phenoxy) is 2. The fourth-order valence-electron chi connectivity index (χ4n) is 4.72. The molecule has 0 spiro atoms. The Balaban J connectivity index is 1.72. The highest BCUT2D eigenvalue weighted by atomic mass is 16.5. The molecule has 4 rings (SSSR count). The summed E-state index contributed by atoms with van der Waals surface area (Å²) in [5, 5.41) is 11.6. The number of fused-ring (bicyclic) bond motifs is 1. The third-order valence-corrected chi connectivity index (χ3v) is 6.35. The van der Waals surface area contributed by atoms with Crippen LogP contribution in [0.3, 0.4) is 0 Å². The van der Waals surface area contributed by atoms with Crippen LogP contribution in [-0.2, 0) is 11.3 Å². The van der Waals surface area contributed by atoms with E-state index in [1.807, 2.05) is 61.6 Å². The number of carbonyl (C=O) groups is 1. The molecule has 6 heteroatoms. The van der Waals surface area contributed by atoms with Crippen LogP contribution in [0.25, 0.3) is 10.8 Å². The van der Waals surface area contributed by atoms with Crippen LogP contribution in [0.2, 0.25) is 0 Å². The van der Waals surface area contributed by atoms with E-state index >= 15 is 0 Å². The highest BCUT2D eigenvalue weighted by molar-refractivity contribution is 5.91. The van der Waals surface area contributed by atoms with E-state index in [1.54, 1.807) is 19.1 Å². The van der Waals surface area contributed by atoms with Gasteiger partial charge in [-0.2, -0.15) is 5.26 Å². The maximum Gasteiger partial charge on any atom is 0.244 e. The minimum atomic E-state index is -0.385. The fraction of sp³-hybridized carbons (Fsp3) is 0.333. The van der Waals surface area contributed by atoms with E-state index in [9.17, 15) is 10.1 Å². The van der Waals surface area contributed by atoms with Crippen molar-refractivity contribution < 1.29 is 14.3 Å². The van der Waals surface area contributed by atoms with Crippen molar-refractivity contribution in [3.8, 4) is 17.6 Å². The highest BCUT2D eigenvalue weighted by Crippen LogP contribution is 2.34. The molecule has 1 unspecified atom stereocenters. The molecule has 6 nitrogen and oxygen atoms in total. The van der Waals surface area contributed by atoms with E-state index in [-0.39, 0.29) is 11.9 Å². The van der Waals surface area contributed by atoms with Crippen molar-refractivity contribution in [2.75, 3.05) is 34.4 Å². The van der Waals surface area contributed by atoms with Gasteiger partial charge in [0.1, 0.15) is 23.6 Å². The van der Waals surface area contributed by atoms with Crippen LogP contribution < -0.4 is 9.47 Å². The molecule has 1 saturated heterocycles. The molecule has 3 aromatic carbocycles. The number of benzene rings is 3. The second-order valence-electron chi connectivity index (χ2n) is 8.39. The Morgan fingerprint density at radius 2 is 1.85 bits per heavy atom. The smallest absolute Gasteiger partial charge is 0.244 e. The minimum Gasteiger partial charge on any atom is -0.497 e. The lowest BCUT2D eigenvalue weighted by atomic mass is 9.98. The average molecular weight is 444 g/mol. The van der Waals surface area contributed by atoms with Gasteiger partial charge in [-0.1, -0.05) is 36.4 Å². The van der Waals surface area contributed by atoms with Crippen LogP contribution >= 0.6 is 0 Å². The molecule has 0 N–H and O–H groups in total. The van der Waals surface area contributed by atoms with E-state index in [2.05, 4.69) is 11.0 Å². The summed E-state index contributed by atoms with van der Waals surface area (Å²) in [6, 6.07) is 19.3. The lowest BCUT2D eigenvalue weighted by molar-refractivity contribution is -0.136. The lowest BCUT2D eigenvalue weighted by Crippen LogP contribution is -2.40. The molecule has 1 aliphatic heterocycles. The van der Waals surface area contributed by atoms with E-state index in [0.717, 1.165) is 53.6 Å². The van der Waals surface area contributed by atoms with Gasteiger partial charge in [0.25, 0.3) is 0 Å². The first-order chi connectivity index (χ1) is 16.1. The molecule has 1 atom stereocenters. The Hall–Kier alpha value is -3.56. The van der Waals surface area contributed by atoms with Gasteiger partial charge in [0.05, 0.1) is 19.8 Å². The van der Waals surface area contributed by atoms with Crippen LogP contribution in [0.5, 0.6) is 11.5 Å². The monoisotopic (exact) mass is 443 g/mol. The molecule has 0 saturated carbocycles. The highest BCUT2D eigenvalue weighted by Gasteiger charge is 2.32. The van der Waals surface area contributed by atoms with Crippen LogP contribution in [0.1, 0.15) is 35.6 Å². The van der Waals surface area contributed by atoms with Crippen LogP contribution in [0.4, 0.5) is 0 Å². The van der Waals surface area contributed by atoms with Gasteiger partial charge in [-0.25, -0.2) is 0 Å². The van der Waals surface area contributed by atoms with E-state index in [0.29, 0.717) is 17.9 Å². The third-order valence-electron chi connectivity index (χ3n) is 6.35. The molecule has 33 heavy (non-hydrogen) atoms. The second kappa shape index (κ2) is 9.93. The Morgan fingerprint density at radius 3 is 2.55 bits per heavy atom. The summed E-state index contributed by atoms with van der Waals surface area (Å²) in [7, 11) is 5.02. The number of methoxy groups -OCH3 is 2. The van der Waals surface area contributed by atoms with Crippen LogP contribution in [0.15, 0.2) is 54.6 Å². The number of carbonyl (C=O) groups excluding carboxylic acids is 1. The Bertz CT molecular complexity index is 1190. The number of likely N-dealkylation sites (N-methyl/N-ethyl adjacent to an activating group) is 1. The number of amides is 1. The summed E-state index contributed by atoms with van der Waals surface area (Å²) < 4.78 is 11.1. The maximum atomic E-state index is 13.9. The van der Waals surface area contributed by atoms with Gasteiger partial charge in [-0.3, -0.25) is 9.69 Å². The van der Waals surface area contributed by atoms with Gasteiger partial charge in [-0.15, -0.1) is 0 Å². The molecule has 1 fully saturated rings. The van der Waals surface area contributed by atoms with Gasteiger partial charge in [-0.05, 0) is 60.5 Å². The Labute approximate surface area is 194 Å². The van der Waals surface area contributed by atoms with Crippen molar-refractivity contribution in [1.29, 1.82) is 5.26 Å². The standard InChI is InChI=1S/C27H29N3O3/c1-29(18-24-23-12-5-4-9-19(23)15-21(17-28)26(24)33-3)27(31)25(30-13-6-7-14-30)20-10-8-11-22(16-20)32-2/h4-5,8-12,15-16,25H,6-7,13-14,18H2,1-3H3. The largest absolute Gasteiger partial charge is 0.497 e. The summed E-state index contributed by atoms with van der Waals surface area (Å²) >= 11 is 0. The molecular formula is C27H29N3O3. The molecule has 0 aromatic heterocycles. The number of likely N-dealkylation sites (tertiary alicyclic amines) is 1. The van der Waals surface area contributed by atoms with Crippen molar-refractivity contribution in [1.82, 2.24) is 9.80 Å². The first kappa shape index (κ1) is 22.6. The van der Waals surface area contributed by atoms with E-state index in [4.69, 9.17) is 9.47 Å². The summed E-state index contributed by atoms with van der Waals surface area (Å²) in [6.07, 6.45) is 2.17. The Kier molecular flexibility index (Phi) is 6.81. The zero-order valence-electron chi connectivity index (χ0n) is 19.4. The van der Waals surface area contributed by atoms with Gasteiger partial charge in [0.15, 0.2) is 0 Å². The van der Waals surface area contributed by atoms with E-state index < -0.39 is 0 Å². The first-order valence-electron chi connectivity index (χ1n) is 11.2. The van der Waals surface area contributed by atoms with Crippen molar-refractivity contribution in [2.24, 2.45) is 0 Å². The predicted octanol–water partition coefficient (Wildman–Crippen LogP) is 4.52. The molecule has 3 aromatic rings. The Morgan fingerprint density at radius 1 is 1.09 bits per heavy atom. The summed E-state index contributed by atoms with van der Waals surface area (Å²) in [6.45, 7) is 2.11. The minimum absolute atomic E-state index is 0.0126. The second-order valence-corrected chi connectivity index (χ2v) is 8.39. The molecule has 1 heterocycles. The number of nitrogens with zero attached hydrogens (tertiary/aromatic N) is 3. The average Bonchev–Trinajstić information content (AvgIpc) is 3.38. The predicted molar refractivity (Wildman–Crippen MR) is 128 cm³/mol. The lowest BCUT2D eigenvalue weighted by Gasteiger charge is -2.31. The van der Waals surface area contributed by atoms with Gasteiger partial charge < -0.3 is 14.4 Å². The molecule has 170 valence electrons. The topological polar surface area (TPSA) is 65.8 Å². The van der Waals surface area contributed by atoms with Crippen molar-refractivity contribution >= 4 is 16.7 Å². The van der Waals surface area contributed by atoms with Crippen LogP contribution in [0, 0.1) is 11.3 Å². The molecule has 0 bridgehead atoms. The van der Waals surface area contributed by atoms with E-state index in [1.165, 1.54) is 0 Å². The summed E-state index contributed by atoms with van der Waals surface area (Å²) in [5.74, 6) is 1.27. The SMILES string of the molecule is COc1cccc(C(C(=O)N(C)Cc2c(OC)c(C#N)cc3ccccc23)N2CCCC2)c1. The van der Waals surface area contributed by atoms with Crippen LogP contribution in [-0.4, -0.2) is 50.1 Å². The van der Waals surface area contributed by atoms with Gasteiger partial charge >= 0.3 is 0 Å². The number of hydrogen-bond acceptors (Lipinski definition) is 5. The number of hydrogen-bond donors (Lipinski definition) is 0. The molecule has 0 aliphatic carbocycles. The van der Waals surface area contributed by atoms with Crippen molar-refractivity contribution in [3.63, 3.8) is 0 Å². The molecule has 1 amide bonds. The molecule has 0 radical (unpaired) electrons. The van der Waals surface area contributed by atoms with Gasteiger partial charge in [0, 0.05) is 19.2 Å². The number of nitriles is 1. The summed E-state index contributed by atoms with van der Waals surface area (Å²) in [5.41, 5.74) is 2.24. The fourth-order valence-corrected chi connectivity index (χ4v) is 4.72. The van der Waals surface area contributed by atoms with Crippen molar-refractivity contribution in [2.45, 2.75) is 25.4 Å². The molecular weight excluding hydrogens is 414 g/mol. The normalized spacial score (nSPS) is 14.6. The first-order valence-corrected chi connectivity index (χ1v) is 11.2. The molecule has 1 aliphatic rings. The zero-order valence-corrected chi connectivity index (χ0v) is 19.4. The number of rotatable bonds is 7. The zero-order chi connectivity index (χ0) is 23.4. The maximum absolute atomic E-state index is 13.9. The summed E-state index contributed by atoms with van der Waals surface area (Å²) in [4.78, 5) is 17.9. The van der Waals surface area contributed by atoms with Gasteiger partial charge in [0.2, 0.25) is 5.91 Å². The van der Waals surface area contributed by atoms with Crippen molar-refractivity contribution in [3.05, 3.63) is 71.3 Å². The quantitative estimate of drug-likeness (QED) is 0.537. The third kappa shape index (κ3) is 4.50.